The van der Waals surface area contributed by atoms with Crippen molar-refractivity contribution in [1.29, 1.82) is 0 Å². The molecule has 1 aromatic carbocycles. The van der Waals surface area contributed by atoms with Gasteiger partial charge in [0.1, 0.15) is 5.82 Å². The number of anilines is 1. The number of hydrogen-bond acceptors (Lipinski definition) is 6. The number of benzene rings is 1. The number of H-pyrrole nitrogens is 1. The molecule has 4 rings (SSSR count). The number of pyridine rings is 1. The minimum absolute atomic E-state index is 0.502. The van der Waals surface area contributed by atoms with Crippen LogP contribution in [0.25, 0.3) is 0 Å². The summed E-state index contributed by atoms with van der Waals surface area (Å²) in [5.41, 5.74) is 5.37. The third-order valence-corrected chi connectivity index (χ3v) is 5.13. The van der Waals surface area contributed by atoms with E-state index in [1.165, 1.54) is 5.56 Å². The van der Waals surface area contributed by atoms with E-state index in [0.717, 1.165) is 61.2 Å². The number of nitrogens with one attached hydrogen (secondary N) is 1. The number of rotatable bonds is 8. The molecule has 1 N–H and O–H groups in total. The predicted octanol–water partition coefficient (Wildman–Crippen LogP) is 3.50. The van der Waals surface area contributed by atoms with Crippen molar-refractivity contribution in [3.05, 3.63) is 70.9 Å². The van der Waals surface area contributed by atoms with Crippen LogP contribution >= 0.6 is 0 Å². The van der Waals surface area contributed by atoms with E-state index < -0.39 is 0 Å². The lowest BCUT2D eigenvalue weighted by Gasteiger charge is -2.29. The molecule has 3 heterocycles. The zero-order chi connectivity index (χ0) is 21.5. The molecule has 0 amide bonds. The topological polar surface area (TPSA) is 75.6 Å². The van der Waals surface area contributed by atoms with E-state index in [-0.39, 0.29) is 0 Å². The third kappa shape index (κ3) is 6.15. The first-order chi connectivity index (χ1) is 15.2. The largest absolute Gasteiger partial charge is 0.477 e. The molecule has 0 spiro atoms. The van der Waals surface area contributed by atoms with E-state index in [9.17, 15) is 0 Å². The number of ether oxygens (including phenoxy) is 2. The third-order valence-electron chi connectivity index (χ3n) is 5.13. The van der Waals surface area contributed by atoms with Crippen molar-refractivity contribution >= 4 is 11.9 Å². The molecule has 0 radical (unpaired) electrons. The Morgan fingerprint density at radius 2 is 2.06 bits per heavy atom. The number of imidazole rings is 1. The maximum Gasteiger partial charge on any atom is 0.215 e. The summed E-state index contributed by atoms with van der Waals surface area (Å²) < 4.78 is 11.5. The summed E-state index contributed by atoms with van der Waals surface area (Å²) in [4.78, 5) is 19.1. The Hall–Kier alpha value is -3.19. The molecule has 7 heteroatoms. The fourth-order valence-electron chi connectivity index (χ4n) is 3.56. The number of aromatic nitrogens is 3. The van der Waals surface area contributed by atoms with Crippen LogP contribution in [0.15, 0.2) is 47.6 Å². The number of morpholine rings is 1. The summed E-state index contributed by atoms with van der Waals surface area (Å²) in [6.45, 7) is 8.26. The average molecular weight is 420 g/mol. The van der Waals surface area contributed by atoms with Crippen molar-refractivity contribution in [3.63, 3.8) is 0 Å². The molecule has 1 saturated heterocycles. The van der Waals surface area contributed by atoms with Crippen molar-refractivity contribution in [1.82, 2.24) is 15.0 Å². The molecule has 7 nitrogen and oxygen atoms in total. The SMILES string of the molecule is Cc1cccc(C=NCc2cc(N3CCOCC3)cc(OCCc3cnc(C)[nH]3)n2)c1. The Balaban J connectivity index is 1.46. The van der Waals surface area contributed by atoms with Crippen LogP contribution in [0.4, 0.5) is 5.69 Å². The van der Waals surface area contributed by atoms with Crippen LogP contribution in [0, 0.1) is 13.8 Å². The normalized spacial score (nSPS) is 14.3. The molecule has 0 unspecified atom stereocenters. The van der Waals surface area contributed by atoms with Gasteiger partial charge in [0.25, 0.3) is 0 Å². The zero-order valence-corrected chi connectivity index (χ0v) is 18.2. The maximum atomic E-state index is 6.00. The van der Waals surface area contributed by atoms with E-state index in [1.807, 2.05) is 31.5 Å². The number of hydrogen-bond donors (Lipinski definition) is 1. The van der Waals surface area contributed by atoms with Gasteiger partial charge in [-0.3, -0.25) is 4.99 Å². The second-order valence-electron chi connectivity index (χ2n) is 7.73. The highest BCUT2D eigenvalue weighted by atomic mass is 16.5. The Morgan fingerprint density at radius 3 is 2.84 bits per heavy atom. The van der Waals surface area contributed by atoms with Crippen LogP contribution in [0.5, 0.6) is 5.88 Å². The number of aliphatic imine (C=N–C) groups is 1. The summed E-state index contributed by atoms with van der Waals surface area (Å²) in [7, 11) is 0. The molecule has 0 bridgehead atoms. The Morgan fingerprint density at radius 1 is 1.19 bits per heavy atom. The average Bonchev–Trinajstić information content (AvgIpc) is 3.19. The molecule has 0 saturated carbocycles. The quantitative estimate of drug-likeness (QED) is 0.566. The Kier molecular flexibility index (Phi) is 6.94. The first-order valence-corrected chi connectivity index (χ1v) is 10.7. The summed E-state index contributed by atoms with van der Waals surface area (Å²) in [5.74, 6) is 1.54. The lowest BCUT2D eigenvalue weighted by atomic mass is 10.1. The fraction of sp³-hybridized carbons (Fsp3) is 0.375. The van der Waals surface area contributed by atoms with Crippen molar-refractivity contribution in [2.45, 2.75) is 26.8 Å². The van der Waals surface area contributed by atoms with Gasteiger partial charge in [0.15, 0.2) is 0 Å². The van der Waals surface area contributed by atoms with Gasteiger partial charge in [-0.2, -0.15) is 0 Å². The van der Waals surface area contributed by atoms with Crippen molar-refractivity contribution in [3.8, 4) is 5.88 Å². The van der Waals surface area contributed by atoms with Crippen LogP contribution in [-0.4, -0.2) is 54.1 Å². The number of aromatic amines is 1. The van der Waals surface area contributed by atoms with Gasteiger partial charge in [0.2, 0.25) is 5.88 Å². The molecule has 0 atom stereocenters. The maximum absolute atomic E-state index is 6.00. The molecule has 1 aliphatic heterocycles. The molecule has 1 aliphatic rings. The number of aryl methyl sites for hydroxylation is 2. The van der Waals surface area contributed by atoms with E-state index in [2.05, 4.69) is 51.0 Å². The van der Waals surface area contributed by atoms with Gasteiger partial charge in [-0.15, -0.1) is 0 Å². The molecular formula is C24H29N5O2. The molecular weight excluding hydrogens is 390 g/mol. The fourth-order valence-corrected chi connectivity index (χ4v) is 3.56. The van der Waals surface area contributed by atoms with E-state index in [0.29, 0.717) is 19.0 Å². The highest BCUT2D eigenvalue weighted by Gasteiger charge is 2.14. The molecule has 3 aromatic rings. The van der Waals surface area contributed by atoms with Crippen molar-refractivity contribution in [2.24, 2.45) is 4.99 Å². The van der Waals surface area contributed by atoms with E-state index >= 15 is 0 Å². The van der Waals surface area contributed by atoms with Crippen LogP contribution < -0.4 is 9.64 Å². The minimum Gasteiger partial charge on any atom is -0.477 e. The van der Waals surface area contributed by atoms with E-state index in [4.69, 9.17) is 14.5 Å². The van der Waals surface area contributed by atoms with Crippen LogP contribution in [0.2, 0.25) is 0 Å². The molecule has 162 valence electrons. The molecule has 0 aliphatic carbocycles. The molecule has 2 aromatic heterocycles. The van der Waals surface area contributed by atoms with Gasteiger partial charge in [0, 0.05) is 49.4 Å². The first kappa shape index (κ1) is 21.1. The molecule has 1 fully saturated rings. The van der Waals surface area contributed by atoms with Gasteiger partial charge in [-0.25, -0.2) is 9.97 Å². The zero-order valence-electron chi connectivity index (χ0n) is 18.2. The summed E-state index contributed by atoms with van der Waals surface area (Å²) in [6, 6.07) is 12.4. The highest BCUT2D eigenvalue weighted by molar-refractivity contribution is 5.79. The standard InChI is InChI=1S/C24H29N5O2/c1-18-4-3-5-20(12-18)15-25-16-22-13-23(29-7-10-30-11-8-29)14-24(28-22)31-9-6-21-17-26-19(2)27-21/h3-5,12-15,17H,6-11,16H2,1-2H3,(H,26,27). The lowest BCUT2D eigenvalue weighted by molar-refractivity contribution is 0.122. The highest BCUT2D eigenvalue weighted by Crippen LogP contribution is 2.23. The van der Waals surface area contributed by atoms with Crippen molar-refractivity contribution in [2.75, 3.05) is 37.8 Å². The Bertz CT molecular complexity index is 1020. The van der Waals surface area contributed by atoms with Gasteiger partial charge >= 0.3 is 0 Å². The Labute approximate surface area is 183 Å². The molecule has 31 heavy (non-hydrogen) atoms. The monoisotopic (exact) mass is 419 g/mol. The van der Waals surface area contributed by atoms with Gasteiger partial charge in [-0.1, -0.05) is 29.8 Å². The van der Waals surface area contributed by atoms with Gasteiger partial charge < -0.3 is 19.4 Å². The number of nitrogens with zero attached hydrogens (tertiary/aromatic N) is 4. The van der Waals surface area contributed by atoms with Crippen LogP contribution in [0.3, 0.4) is 0 Å². The predicted molar refractivity (Wildman–Crippen MR) is 122 cm³/mol. The second kappa shape index (κ2) is 10.2. The van der Waals surface area contributed by atoms with Gasteiger partial charge in [-0.05, 0) is 25.5 Å². The summed E-state index contributed by atoms with van der Waals surface area (Å²) >= 11 is 0. The summed E-state index contributed by atoms with van der Waals surface area (Å²) in [6.07, 6.45) is 4.50. The summed E-state index contributed by atoms with van der Waals surface area (Å²) in [5, 5.41) is 0. The van der Waals surface area contributed by atoms with E-state index in [1.54, 1.807) is 0 Å². The second-order valence-corrected chi connectivity index (χ2v) is 7.73. The minimum atomic E-state index is 0.502. The van der Waals surface area contributed by atoms with Gasteiger partial charge in [0.05, 0.1) is 32.1 Å². The first-order valence-electron chi connectivity index (χ1n) is 10.7. The van der Waals surface area contributed by atoms with Crippen molar-refractivity contribution < 1.29 is 9.47 Å². The lowest BCUT2D eigenvalue weighted by Crippen LogP contribution is -2.36. The van der Waals surface area contributed by atoms with Crippen LogP contribution in [0.1, 0.15) is 28.3 Å². The smallest absolute Gasteiger partial charge is 0.215 e. The van der Waals surface area contributed by atoms with Crippen LogP contribution in [-0.2, 0) is 17.7 Å².